The molecule has 2 rings (SSSR count). The van der Waals surface area contributed by atoms with Gasteiger partial charge in [-0.15, -0.1) is 0 Å². The Kier molecular flexibility index (Phi) is 5.40. The third kappa shape index (κ3) is 4.57. The van der Waals surface area contributed by atoms with Gasteiger partial charge in [0.1, 0.15) is 6.04 Å². The van der Waals surface area contributed by atoms with Crippen molar-refractivity contribution >= 4 is 23.4 Å². The van der Waals surface area contributed by atoms with Gasteiger partial charge in [0.05, 0.1) is 0 Å². The molecule has 0 spiro atoms. The van der Waals surface area contributed by atoms with E-state index >= 15 is 0 Å². The molecule has 120 valence electrons. The molecule has 0 heterocycles. The van der Waals surface area contributed by atoms with Crippen LogP contribution in [0.1, 0.15) is 27.0 Å². The standard InChI is InChI=1S/C18H19ClN2O2/c1-11-3-4-13(9-12(11)2)10-16(17(20)22)21-18(23)14-5-7-15(19)8-6-14/h3-9,16H,10H2,1-2H3,(H2,20,22)(H,21,23)/t16-/m0/s1. The summed E-state index contributed by atoms with van der Waals surface area (Å²) in [5.74, 6) is -0.917. The Balaban J connectivity index is 2.12. The smallest absolute Gasteiger partial charge is 0.251 e. The molecule has 2 aromatic carbocycles. The number of carbonyl (C=O) groups is 2. The van der Waals surface area contributed by atoms with Gasteiger partial charge in [0.15, 0.2) is 0 Å². The lowest BCUT2D eigenvalue weighted by Crippen LogP contribution is -2.45. The molecule has 0 saturated heterocycles. The molecule has 2 amide bonds. The van der Waals surface area contributed by atoms with Crippen LogP contribution in [0.25, 0.3) is 0 Å². The molecule has 0 unspecified atom stereocenters. The van der Waals surface area contributed by atoms with Crippen LogP contribution in [0.2, 0.25) is 5.02 Å². The van der Waals surface area contributed by atoms with E-state index in [-0.39, 0.29) is 5.91 Å². The molecule has 0 bridgehead atoms. The van der Waals surface area contributed by atoms with Gasteiger partial charge in [-0.05, 0) is 54.8 Å². The number of rotatable bonds is 5. The van der Waals surface area contributed by atoms with Crippen LogP contribution in [-0.4, -0.2) is 17.9 Å². The molecule has 0 aromatic heterocycles. The van der Waals surface area contributed by atoms with Crippen LogP contribution in [0.5, 0.6) is 0 Å². The van der Waals surface area contributed by atoms with E-state index in [1.54, 1.807) is 24.3 Å². The highest BCUT2D eigenvalue weighted by atomic mass is 35.5. The molecule has 2 aromatic rings. The Labute approximate surface area is 140 Å². The van der Waals surface area contributed by atoms with E-state index in [2.05, 4.69) is 5.32 Å². The van der Waals surface area contributed by atoms with E-state index in [1.165, 1.54) is 5.56 Å². The van der Waals surface area contributed by atoms with Crippen molar-refractivity contribution in [2.45, 2.75) is 26.3 Å². The Morgan fingerprint density at radius 2 is 1.74 bits per heavy atom. The van der Waals surface area contributed by atoms with Crippen molar-refractivity contribution in [3.8, 4) is 0 Å². The van der Waals surface area contributed by atoms with Crippen molar-refractivity contribution in [1.82, 2.24) is 5.32 Å². The van der Waals surface area contributed by atoms with Crippen LogP contribution in [0, 0.1) is 13.8 Å². The highest BCUT2D eigenvalue weighted by Crippen LogP contribution is 2.13. The minimum atomic E-state index is -0.764. The number of hydrogen-bond donors (Lipinski definition) is 2. The van der Waals surface area contributed by atoms with Crippen molar-refractivity contribution < 1.29 is 9.59 Å². The van der Waals surface area contributed by atoms with Crippen LogP contribution >= 0.6 is 11.6 Å². The zero-order chi connectivity index (χ0) is 17.0. The Hall–Kier alpha value is -2.33. The fraction of sp³-hybridized carbons (Fsp3) is 0.222. The average molecular weight is 331 g/mol. The van der Waals surface area contributed by atoms with Crippen molar-refractivity contribution in [2.75, 3.05) is 0 Å². The largest absolute Gasteiger partial charge is 0.368 e. The summed E-state index contributed by atoms with van der Waals surface area (Å²) in [4.78, 5) is 23.9. The maximum absolute atomic E-state index is 12.2. The molecule has 23 heavy (non-hydrogen) atoms. The maximum Gasteiger partial charge on any atom is 0.251 e. The van der Waals surface area contributed by atoms with Gasteiger partial charge < -0.3 is 11.1 Å². The molecule has 4 nitrogen and oxygen atoms in total. The Morgan fingerprint density at radius 1 is 1.09 bits per heavy atom. The Morgan fingerprint density at radius 3 is 2.30 bits per heavy atom. The second-order valence-corrected chi connectivity index (χ2v) is 5.99. The predicted octanol–water partition coefficient (Wildman–Crippen LogP) is 2.78. The molecule has 1 atom stereocenters. The first kappa shape index (κ1) is 17.0. The molecule has 0 aliphatic heterocycles. The second-order valence-electron chi connectivity index (χ2n) is 5.56. The van der Waals surface area contributed by atoms with E-state index in [0.29, 0.717) is 17.0 Å². The van der Waals surface area contributed by atoms with Gasteiger partial charge in [0.2, 0.25) is 5.91 Å². The van der Waals surface area contributed by atoms with E-state index < -0.39 is 11.9 Å². The highest BCUT2D eigenvalue weighted by molar-refractivity contribution is 6.30. The normalized spacial score (nSPS) is 11.8. The van der Waals surface area contributed by atoms with Crippen molar-refractivity contribution in [3.05, 3.63) is 69.7 Å². The van der Waals surface area contributed by atoms with E-state index in [0.717, 1.165) is 11.1 Å². The molecule has 0 saturated carbocycles. The monoisotopic (exact) mass is 330 g/mol. The first-order valence-corrected chi connectivity index (χ1v) is 7.66. The second kappa shape index (κ2) is 7.29. The number of hydrogen-bond acceptors (Lipinski definition) is 2. The van der Waals surface area contributed by atoms with Gasteiger partial charge in [-0.2, -0.15) is 0 Å². The summed E-state index contributed by atoms with van der Waals surface area (Å²) in [5, 5.41) is 3.22. The topological polar surface area (TPSA) is 72.2 Å². The molecule has 0 fully saturated rings. The predicted molar refractivity (Wildman–Crippen MR) is 91.5 cm³/mol. The van der Waals surface area contributed by atoms with Gasteiger partial charge in [-0.3, -0.25) is 9.59 Å². The minimum Gasteiger partial charge on any atom is -0.368 e. The van der Waals surface area contributed by atoms with Gasteiger partial charge in [0.25, 0.3) is 5.91 Å². The molecule has 5 heteroatoms. The van der Waals surface area contributed by atoms with Crippen molar-refractivity contribution in [2.24, 2.45) is 5.73 Å². The average Bonchev–Trinajstić information content (AvgIpc) is 2.50. The third-order valence-corrected chi connectivity index (χ3v) is 4.02. The zero-order valence-electron chi connectivity index (χ0n) is 13.1. The van der Waals surface area contributed by atoms with Crippen molar-refractivity contribution in [1.29, 1.82) is 0 Å². The minimum absolute atomic E-state index is 0.352. The summed E-state index contributed by atoms with van der Waals surface area (Å²) in [6.07, 6.45) is 0.357. The summed E-state index contributed by atoms with van der Waals surface area (Å²) in [7, 11) is 0. The summed E-state index contributed by atoms with van der Waals surface area (Å²) >= 11 is 5.80. The van der Waals surface area contributed by atoms with E-state index in [9.17, 15) is 9.59 Å². The van der Waals surface area contributed by atoms with Crippen LogP contribution in [0.3, 0.4) is 0 Å². The first-order chi connectivity index (χ1) is 10.9. The summed E-state index contributed by atoms with van der Waals surface area (Å²) in [6, 6.07) is 11.6. The molecule has 3 N–H and O–H groups in total. The van der Waals surface area contributed by atoms with Crippen molar-refractivity contribution in [3.63, 3.8) is 0 Å². The zero-order valence-corrected chi connectivity index (χ0v) is 13.9. The quantitative estimate of drug-likeness (QED) is 0.884. The fourth-order valence-corrected chi connectivity index (χ4v) is 2.36. The number of nitrogens with two attached hydrogens (primary N) is 1. The Bertz CT molecular complexity index is 726. The number of nitrogens with one attached hydrogen (secondary N) is 1. The van der Waals surface area contributed by atoms with Crippen LogP contribution in [-0.2, 0) is 11.2 Å². The number of halogens is 1. The first-order valence-electron chi connectivity index (χ1n) is 7.28. The number of amides is 2. The lowest BCUT2D eigenvalue weighted by molar-refractivity contribution is -0.119. The third-order valence-electron chi connectivity index (χ3n) is 3.77. The lowest BCUT2D eigenvalue weighted by atomic mass is 10.0. The number of aryl methyl sites for hydroxylation is 2. The molecular formula is C18H19ClN2O2. The van der Waals surface area contributed by atoms with Crippen LogP contribution in [0.15, 0.2) is 42.5 Å². The summed E-state index contributed by atoms with van der Waals surface area (Å²) in [5.41, 5.74) is 9.12. The van der Waals surface area contributed by atoms with Crippen LogP contribution < -0.4 is 11.1 Å². The lowest BCUT2D eigenvalue weighted by Gasteiger charge is -2.16. The fourth-order valence-electron chi connectivity index (χ4n) is 2.23. The molecule has 0 radical (unpaired) electrons. The number of carbonyl (C=O) groups excluding carboxylic acids is 2. The molecular weight excluding hydrogens is 312 g/mol. The summed E-state index contributed by atoms with van der Waals surface area (Å²) < 4.78 is 0. The molecule has 0 aliphatic rings. The van der Waals surface area contributed by atoms with Gasteiger partial charge in [-0.25, -0.2) is 0 Å². The van der Waals surface area contributed by atoms with Gasteiger partial charge in [0, 0.05) is 17.0 Å². The summed E-state index contributed by atoms with van der Waals surface area (Å²) in [6.45, 7) is 4.03. The highest BCUT2D eigenvalue weighted by Gasteiger charge is 2.19. The number of benzene rings is 2. The number of primary amides is 1. The van der Waals surface area contributed by atoms with Gasteiger partial charge >= 0.3 is 0 Å². The van der Waals surface area contributed by atoms with E-state index in [1.807, 2.05) is 32.0 Å². The SMILES string of the molecule is Cc1ccc(C[C@H](NC(=O)c2ccc(Cl)cc2)C(N)=O)cc1C. The van der Waals surface area contributed by atoms with E-state index in [4.69, 9.17) is 17.3 Å². The van der Waals surface area contributed by atoms with Crippen LogP contribution in [0.4, 0.5) is 0 Å². The molecule has 0 aliphatic carbocycles. The van der Waals surface area contributed by atoms with Gasteiger partial charge in [-0.1, -0.05) is 29.8 Å². The maximum atomic E-state index is 12.2.